The van der Waals surface area contributed by atoms with Crippen LogP contribution in [0.1, 0.15) is 60.0 Å². The highest BCUT2D eigenvalue weighted by Crippen LogP contribution is 2.34. The summed E-state index contributed by atoms with van der Waals surface area (Å²) in [6, 6.07) is 15.6. The molecule has 1 amide bonds. The van der Waals surface area contributed by atoms with E-state index < -0.39 is 0 Å². The van der Waals surface area contributed by atoms with Crippen LogP contribution in [0.15, 0.2) is 48.5 Å². The predicted octanol–water partition coefficient (Wildman–Crippen LogP) is 5.76. The van der Waals surface area contributed by atoms with Gasteiger partial charge in [0.1, 0.15) is 0 Å². The highest BCUT2D eigenvalue weighted by atomic mass is 32.1. The van der Waals surface area contributed by atoms with Crippen LogP contribution < -0.4 is 5.32 Å². The maximum atomic E-state index is 12.9. The van der Waals surface area contributed by atoms with Gasteiger partial charge in [0.25, 0.3) is 5.91 Å². The molecule has 160 valence electrons. The van der Waals surface area contributed by atoms with Crippen molar-refractivity contribution in [2.45, 2.75) is 45.4 Å². The van der Waals surface area contributed by atoms with Crippen molar-refractivity contribution < 1.29 is 14.3 Å². The number of methoxy groups -OCH3 is 1. The number of amides is 1. The summed E-state index contributed by atoms with van der Waals surface area (Å²) in [5.41, 5.74) is 5.92. The summed E-state index contributed by atoms with van der Waals surface area (Å²) in [6.45, 7) is 2.05. The Balaban J connectivity index is 1.36. The van der Waals surface area contributed by atoms with Gasteiger partial charge in [-0.15, -0.1) is 11.3 Å². The smallest absolute Gasteiger partial charge is 0.337 e. The van der Waals surface area contributed by atoms with Gasteiger partial charge >= 0.3 is 5.97 Å². The van der Waals surface area contributed by atoms with Gasteiger partial charge in [-0.05, 0) is 86.4 Å². The highest BCUT2D eigenvalue weighted by molar-refractivity contribution is 7.12. The molecule has 0 saturated heterocycles. The van der Waals surface area contributed by atoms with Gasteiger partial charge in [0.15, 0.2) is 0 Å². The first-order valence-electron chi connectivity index (χ1n) is 10.7. The fraction of sp³-hybridized carbons (Fsp3) is 0.308. The molecule has 0 fully saturated rings. The molecule has 0 saturated carbocycles. The van der Waals surface area contributed by atoms with Gasteiger partial charge in [0.05, 0.1) is 18.2 Å². The van der Waals surface area contributed by atoms with Crippen LogP contribution in [0.25, 0.3) is 0 Å². The number of carbonyl (C=O) groups excluding carboxylic acids is 2. The lowest BCUT2D eigenvalue weighted by molar-refractivity contribution is 0.0600. The van der Waals surface area contributed by atoms with E-state index in [2.05, 4.69) is 24.4 Å². The van der Waals surface area contributed by atoms with E-state index in [9.17, 15) is 9.59 Å². The van der Waals surface area contributed by atoms with Crippen molar-refractivity contribution in [1.29, 1.82) is 0 Å². The summed E-state index contributed by atoms with van der Waals surface area (Å²) in [5, 5.41) is 3.08. The van der Waals surface area contributed by atoms with Crippen LogP contribution in [0.5, 0.6) is 0 Å². The van der Waals surface area contributed by atoms with Gasteiger partial charge in [0.2, 0.25) is 0 Å². The van der Waals surface area contributed by atoms with Crippen LogP contribution in [0.4, 0.5) is 5.69 Å². The number of benzene rings is 2. The summed E-state index contributed by atoms with van der Waals surface area (Å²) in [6.07, 6.45) is 6.29. The van der Waals surface area contributed by atoms with Crippen molar-refractivity contribution in [3.8, 4) is 0 Å². The van der Waals surface area contributed by atoms with Gasteiger partial charge in [-0.2, -0.15) is 0 Å². The predicted molar refractivity (Wildman–Crippen MR) is 125 cm³/mol. The first kappa shape index (κ1) is 21.3. The molecule has 0 radical (unpaired) electrons. The van der Waals surface area contributed by atoms with E-state index in [1.165, 1.54) is 41.5 Å². The molecule has 0 unspecified atom stereocenters. The van der Waals surface area contributed by atoms with Crippen molar-refractivity contribution in [3.05, 3.63) is 86.1 Å². The third kappa shape index (κ3) is 4.88. The quantitative estimate of drug-likeness (QED) is 0.503. The van der Waals surface area contributed by atoms with Crippen LogP contribution in [-0.2, 0) is 30.4 Å². The van der Waals surface area contributed by atoms with E-state index in [1.807, 2.05) is 24.3 Å². The standard InChI is InChI=1S/C26H27NO3S/c1-17-24(22-5-3-4-6-23(22)31-17)25(28)27-21-15-11-19(12-16-21)8-7-18-9-13-20(14-10-18)26(29)30-2/h9-16H,3-8H2,1-2H3,(H,27,28). The molecule has 5 heteroatoms. The van der Waals surface area contributed by atoms with Crippen LogP contribution in [-0.4, -0.2) is 19.0 Å². The minimum absolute atomic E-state index is 0.00958. The normalized spacial score (nSPS) is 12.8. The van der Waals surface area contributed by atoms with Gasteiger partial charge in [0, 0.05) is 15.4 Å². The largest absolute Gasteiger partial charge is 0.465 e. The molecule has 3 aromatic rings. The second-order valence-corrected chi connectivity index (χ2v) is 9.29. The molecular weight excluding hydrogens is 406 g/mol. The molecule has 4 rings (SSSR count). The Morgan fingerprint density at radius 3 is 2.19 bits per heavy atom. The van der Waals surface area contributed by atoms with E-state index >= 15 is 0 Å². The Hall–Kier alpha value is -2.92. The van der Waals surface area contributed by atoms with Crippen molar-refractivity contribution in [2.24, 2.45) is 0 Å². The molecule has 1 aliphatic rings. The fourth-order valence-electron chi connectivity index (χ4n) is 4.16. The Morgan fingerprint density at radius 1 is 0.935 bits per heavy atom. The minimum atomic E-state index is -0.317. The van der Waals surface area contributed by atoms with Gasteiger partial charge in [-0.3, -0.25) is 4.79 Å². The maximum absolute atomic E-state index is 12.9. The number of nitrogens with one attached hydrogen (secondary N) is 1. The number of thiophene rings is 1. The summed E-state index contributed by atoms with van der Waals surface area (Å²) in [5.74, 6) is -0.308. The summed E-state index contributed by atoms with van der Waals surface area (Å²) in [7, 11) is 1.39. The molecule has 1 N–H and O–H groups in total. The summed E-state index contributed by atoms with van der Waals surface area (Å²) in [4.78, 5) is 27.0. The van der Waals surface area contributed by atoms with E-state index in [-0.39, 0.29) is 11.9 Å². The zero-order chi connectivity index (χ0) is 21.8. The number of hydrogen-bond acceptors (Lipinski definition) is 4. The molecule has 2 aromatic carbocycles. The van der Waals surface area contributed by atoms with Crippen LogP contribution in [0.3, 0.4) is 0 Å². The Kier molecular flexibility index (Phi) is 6.52. The Morgan fingerprint density at radius 2 is 1.55 bits per heavy atom. The number of hydrogen-bond donors (Lipinski definition) is 1. The number of anilines is 1. The number of esters is 1. The van der Waals surface area contributed by atoms with E-state index in [1.54, 1.807) is 23.5 Å². The van der Waals surface area contributed by atoms with Crippen molar-refractivity contribution in [1.82, 2.24) is 0 Å². The lowest BCUT2D eigenvalue weighted by Gasteiger charge is -2.13. The topological polar surface area (TPSA) is 55.4 Å². The van der Waals surface area contributed by atoms with E-state index in [0.717, 1.165) is 41.8 Å². The van der Waals surface area contributed by atoms with E-state index in [4.69, 9.17) is 4.74 Å². The molecule has 0 aliphatic heterocycles. The lowest BCUT2D eigenvalue weighted by atomic mass is 9.94. The number of ether oxygens (including phenoxy) is 1. The lowest BCUT2D eigenvalue weighted by Crippen LogP contribution is -2.15. The zero-order valence-electron chi connectivity index (χ0n) is 18.0. The molecule has 31 heavy (non-hydrogen) atoms. The van der Waals surface area contributed by atoms with Crippen LogP contribution in [0, 0.1) is 6.92 Å². The fourth-order valence-corrected chi connectivity index (χ4v) is 5.42. The average Bonchev–Trinajstić information content (AvgIpc) is 3.14. The first-order chi connectivity index (χ1) is 15.0. The summed E-state index contributed by atoms with van der Waals surface area (Å²) < 4.78 is 4.73. The molecule has 0 atom stereocenters. The second-order valence-electron chi connectivity index (χ2n) is 7.98. The van der Waals surface area contributed by atoms with Gasteiger partial charge < -0.3 is 10.1 Å². The first-order valence-corrected chi connectivity index (χ1v) is 11.6. The minimum Gasteiger partial charge on any atom is -0.465 e. The second kappa shape index (κ2) is 9.48. The van der Waals surface area contributed by atoms with Crippen molar-refractivity contribution in [2.75, 3.05) is 12.4 Å². The average molecular weight is 434 g/mol. The highest BCUT2D eigenvalue weighted by Gasteiger charge is 2.23. The molecule has 1 aliphatic carbocycles. The van der Waals surface area contributed by atoms with Gasteiger partial charge in [-0.1, -0.05) is 24.3 Å². The van der Waals surface area contributed by atoms with Gasteiger partial charge in [-0.25, -0.2) is 4.79 Å². The number of fused-ring (bicyclic) bond motifs is 1. The molecular formula is C26H27NO3S. The number of aryl methyl sites for hydroxylation is 4. The molecule has 4 nitrogen and oxygen atoms in total. The number of carbonyl (C=O) groups is 2. The van der Waals surface area contributed by atoms with Crippen molar-refractivity contribution >= 4 is 28.9 Å². The molecule has 0 spiro atoms. The molecule has 1 aromatic heterocycles. The SMILES string of the molecule is COC(=O)c1ccc(CCc2ccc(NC(=O)c3c(C)sc4c3CCCC4)cc2)cc1. The third-order valence-electron chi connectivity index (χ3n) is 5.86. The van der Waals surface area contributed by atoms with E-state index in [0.29, 0.717) is 5.56 Å². The zero-order valence-corrected chi connectivity index (χ0v) is 18.8. The van der Waals surface area contributed by atoms with Crippen LogP contribution in [0.2, 0.25) is 0 Å². The Bertz CT molecular complexity index is 1080. The molecule has 0 bridgehead atoms. The summed E-state index contributed by atoms with van der Waals surface area (Å²) >= 11 is 1.78. The number of rotatable bonds is 6. The third-order valence-corrected chi connectivity index (χ3v) is 7.07. The molecule has 1 heterocycles. The van der Waals surface area contributed by atoms with Crippen molar-refractivity contribution in [3.63, 3.8) is 0 Å². The maximum Gasteiger partial charge on any atom is 0.337 e. The monoisotopic (exact) mass is 433 g/mol. The Labute approximate surface area is 187 Å². The van der Waals surface area contributed by atoms with Crippen LogP contribution >= 0.6 is 11.3 Å².